The highest BCUT2D eigenvalue weighted by molar-refractivity contribution is 5.91. The molecule has 1 heterocycles. The van der Waals surface area contributed by atoms with Crippen molar-refractivity contribution in [1.82, 2.24) is 9.80 Å². The fourth-order valence-corrected chi connectivity index (χ4v) is 5.13. The zero-order valence-electron chi connectivity index (χ0n) is 20.0. The van der Waals surface area contributed by atoms with E-state index in [0.29, 0.717) is 11.8 Å². The Hall–Kier alpha value is -2.88. The molecule has 0 unspecified atom stereocenters. The van der Waals surface area contributed by atoms with E-state index < -0.39 is 0 Å². The van der Waals surface area contributed by atoms with Crippen molar-refractivity contribution in [3.63, 3.8) is 0 Å². The van der Waals surface area contributed by atoms with Gasteiger partial charge >= 0.3 is 0 Å². The molecule has 33 heavy (non-hydrogen) atoms. The van der Waals surface area contributed by atoms with Crippen LogP contribution in [0, 0.1) is 18.8 Å². The molecule has 4 rings (SSSR count). The maximum Gasteiger partial charge on any atom is 0.246 e. The molecule has 1 saturated carbocycles. The van der Waals surface area contributed by atoms with Crippen LogP contribution in [0.15, 0.2) is 60.7 Å². The summed E-state index contributed by atoms with van der Waals surface area (Å²) in [5.41, 5.74) is 3.64. The maximum absolute atomic E-state index is 13.1. The fourth-order valence-electron chi connectivity index (χ4n) is 5.13. The second kappa shape index (κ2) is 10.8. The number of likely N-dealkylation sites (tertiary alicyclic amines) is 1. The van der Waals surface area contributed by atoms with Gasteiger partial charge in [-0.05, 0) is 67.7 Å². The van der Waals surface area contributed by atoms with Crippen LogP contribution in [0.3, 0.4) is 0 Å². The van der Waals surface area contributed by atoms with Gasteiger partial charge < -0.3 is 9.80 Å². The Morgan fingerprint density at radius 2 is 1.67 bits per heavy atom. The van der Waals surface area contributed by atoms with Gasteiger partial charge in [-0.1, -0.05) is 61.0 Å². The number of aryl methyl sites for hydroxylation is 1. The molecular formula is C29H36N2O2. The number of piperidine rings is 1. The number of amides is 2. The van der Waals surface area contributed by atoms with Gasteiger partial charge in [-0.3, -0.25) is 9.59 Å². The molecule has 2 aromatic rings. The first-order valence-corrected chi connectivity index (χ1v) is 12.4. The Kier molecular flexibility index (Phi) is 7.64. The third-order valence-corrected chi connectivity index (χ3v) is 7.60. The molecule has 0 spiro atoms. The third-order valence-electron chi connectivity index (χ3n) is 7.60. The predicted octanol–water partition coefficient (Wildman–Crippen LogP) is 5.12. The summed E-state index contributed by atoms with van der Waals surface area (Å²) in [5.74, 6) is 0.996. The highest BCUT2D eigenvalue weighted by Gasteiger charge is 2.36. The van der Waals surface area contributed by atoms with Crippen LogP contribution < -0.4 is 0 Å². The van der Waals surface area contributed by atoms with Gasteiger partial charge in [0, 0.05) is 38.2 Å². The lowest BCUT2D eigenvalue weighted by molar-refractivity contribution is -0.141. The normalized spacial score (nSPS) is 18.2. The van der Waals surface area contributed by atoms with Gasteiger partial charge in [-0.15, -0.1) is 0 Å². The molecule has 174 valence electrons. The number of hydrogen-bond donors (Lipinski definition) is 0. The van der Waals surface area contributed by atoms with E-state index >= 15 is 0 Å². The second-order valence-corrected chi connectivity index (χ2v) is 9.68. The molecule has 4 nitrogen and oxygen atoms in total. The second-order valence-electron chi connectivity index (χ2n) is 9.68. The lowest BCUT2D eigenvalue weighted by Gasteiger charge is -2.42. The minimum Gasteiger partial charge on any atom is -0.342 e. The van der Waals surface area contributed by atoms with Crippen molar-refractivity contribution < 1.29 is 9.59 Å². The number of nitrogens with zero attached hydrogens (tertiary/aromatic N) is 2. The molecule has 2 aliphatic rings. The van der Waals surface area contributed by atoms with Gasteiger partial charge in [-0.2, -0.15) is 0 Å². The predicted molar refractivity (Wildman–Crippen MR) is 134 cm³/mol. The van der Waals surface area contributed by atoms with Crippen molar-refractivity contribution in [3.8, 4) is 0 Å². The van der Waals surface area contributed by atoms with Gasteiger partial charge in [0.2, 0.25) is 11.8 Å². The van der Waals surface area contributed by atoms with E-state index in [9.17, 15) is 9.59 Å². The van der Waals surface area contributed by atoms with Crippen LogP contribution in [0.4, 0.5) is 0 Å². The first kappa shape index (κ1) is 23.3. The van der Waals surface area contributed by atoms with Crippen LogP contribution in [-0.4, -0.2) is 47.8 Å². The third kappa shape index (κ3) is 5.73. The molecule has 0 radical (unpaired) electrons. The topological polar surface area (TPSA) is 40.6 Å². The van der Waals surface area contributed by atoms with E-state index in [-0.39, 0.29) is 17.9 Å². The molecule has 2 aromatic carbocycles. The minimum atomic E-state index is 0.0756. The maximum atomic E-state index is 13.1. The van der Waals surface area contributed by atoms with E-state index in [4.69, 9.17) is 0 Å². The number of rotatable bonds is 7. The summed E-state index contributed by atoms with van der Waals surface area (Å²) >= 11 is 0. The first-order chi connectivity index (χ1) is 16.0. The molecular weight excluding hydrogens is 408 g/mol. The molecule has 1 aliphatic carbocycles. The van der Waals surface area contributed by atoms with Crippen LogP contribution >= 0.6 is 0 Å². The van der Waals surface area contributed by atoms with Gasteiger partial charge in [0.1, 0.15) is 0 Å². The van der Waals surface area contributed by atoms with Crippen LogP contribution in [0.1, 0.15) is 48.8 Å². The average Bonchev–Trinajstić information content (AvgIpc) is 2.81. The van der Waals surface area contributed by atoms with Gasteiger partial charge in [0.25, 0.3) is 0 Å². The SMILES string of the molecule is Cc1ccccc1C[C@H](C1CCN(C(=O)/C=C/c2ccccc2)CC1)N(C)C(=O)C1CCC1. The Morgan fingerprint density at radius 3 is 2.30 bits per heavy atom. The van der Waals surface area contributed by atoms with Crippen molar-refractivity contribution in [2.24, 2.45) is 11.8 Å². The number of carbonyl (C=O) groups is 2. The molecule has 0 aromatic heterocycles. The Balaban J connectivity index is 1.42. The summed E-state index contributed by atoms with van der Waals surface area (Å²) in [6, 6.07) is 18.6. The molecule has 4 heteroatoms. The van der Waals surface area contributed by atoms with E-state index in [1.807, 2.05) is 53.3 Å². The summed E-state index contributed by atoms with van der Waals surface area (Å²) in [6.07, 6.45) is 9.56. The number of likely N-dealkylation sites (N-methyl/N-ethyl adjacent to an activating group) is 1. The lowest BCUT2D eigenvalue weighted by atomic mass is 9.81. The zero-order chi connectivity index (χ0) is 23.2. The van der Waals surface area contributed by atoms with Crippen molar-refractivity contribution in [3.05, 3.63) is 77.4 Å². The molecule has 1 aliphatic heterocycles. The van der Waals surface area contributed by atoms with Gasteiger partial charge in [0.15, 0.2) is 0 Å². The zero-order valence-corrected chi connectivity index (χ0v) is 20.0. The summed E-state index contributed by atoms with van der Waals surface area (Å²) in [6.45, 7) is 3.65. The van der Waals surface area contributed by atoms with Gasteiger partial charge in [0.05, 0.1) is 0 Å². The Morgan fingerprint density at radius 1 is 1.00 bits per heavy atom. The smallest absolute Gasteiger partial charge is 0.246 e. The largest absolute Gasteiger partial charge is 0.342 e. The quantitative estimate of drug-likeness (QED) is 0.557. The molecule has 1 atom stereocenters. The van der Waals surface area contributed by atoms with Crippen molar-refractivity contribution in [1.29, 1.82) is 0 Å². The summed E-state index contributed by atoms with van der Waals surface area (Å²) in [5, 5.41) is 0. The monoisotopic (exact) mass is 444 g/mol. The van der Waals surface area contributed by atoms with E-state index in [0.717, 1.165) is 50.8 Å². The first-order valence-electron chi connectivity index (χ1n) is 12.4. The van der Waals surface area contributed by atoms with Crippen molar-refractivity contribution in [2.45, 2.75) is 51.5 Å². The van der Waals surface area contributed by atoms with Crippen LogP contribution in [0.25, 0.3) is 6.08 Å². The average molecular weight is 445 g/mol. The highest BCUT2D eigenvalue weighted by Crippen LogP contribution is 2.32. The number of carbonyl (C=O) groups excluding carboxylic acids is 2. The van der Waals surface area contributed by atoms with E-state index in [1.165, 1.54) is 17.5 Å². The lowest BCUT2D eigenvalue weighted by Crippen LogP contribution is -2.50. The van der Waals surface area contributed by atoms with Crippen LogP contribution in [0.2, 0.25) is 0 Å². The van der Waals surface area contributed by atoms with Crippen LogP contribution in [-0.2, 0) is 16.0 Å². The van der Waals surface area contributed by atoms with Gasteiger partial charge in [-0.25, -0.2) is 0 Å². The number of hydrogen-bond acceptors (Lipinski definition) is 2. The summed E-state index contributed by atoms with van der Waals surface area (Å²) in [7, 11) is 2.00. The standard InChI is InChI=1S/C29H36N2O2/c1-22-9-6-7-12-26(22)21-27(30(2)29(33)25-13-8-14-25)24-17-19-31(20-18-24)28(32)16-15-23-10-4-3-5-11-23/h3-7,9-12,15-16,24-25,27H,8,13-14,17-21H2,1-2H3/b16-15+/t27-/m1/s1. The Bertz CT molecular complexity index is 972. The molecule has 0 bridgehead atoms. The summed E-state index contributed by atoms with van der Waals surface area (Å²) < 4.78 is 0. The van der Waals surface area contributed by atoms with Crippen molar-refractivity contribution >= 4 is 17.9 Å². The van der Waals surface area contributed by atoms with E-state index in [2.05, 4.69) is 31.2 Å². The Labute approximate surface area is 198 Å². The van der Waals surface area contributed by atoms with Crippen molar-refractivity contribution in [2.75, 3.05) is 20.1 Å². The minimum absolute atomic E-state index is 0.0756. The molecule has 2 amide bonds. The van der Waals surface area contributed by atoms with Crippen LogP contribution in [0.5, 0.6) is 0 Å². The molecule has 2 fully saturated rings. The fraction of sp³-hybridized carbons (Fsp3) is 0.448. The molecule has 0 N–H and O–H groups in total. The number of benzene rings is 2. The van der Waals surface area contributed by atoms with E-state index in [1.54, 1.807) is 6.08 Å². The molecule has 1 saturated heterocycles. The highest BCUT2D eigenvalue weighted by atomic mass is 16.2. The summed E-state index contributed by atoms with van der Waals surface area (Å²) in [4.78, 5) is 29.9.